The van der Waals surface area contributed by atoms with E-state index in [1.54, 1.807) is 13.3 Å². The molecule has 0 aliphatic carbocycles. The third kappa shape index (κ3) is 4.99. The largest absolute Gasteiger partial charge is 0.493 e. The predicted octanol–water partition coefficient (Wildman–Crippen LogP) is 4.07. The molecular weight excluding hydrogens is 366 g/mol. The van der Waals surface area contributed by atoms with Crippen molar-refractivity contribution in [3.05, 3.63) is 34.8 Å². The van der Waals surface area contributed by atoms with Gasteiger partial charge in [-0.25, -0.2) is 4.98 Å². The van der Waals surface area contributed by atoms with Gasteiger partial charge in [-0.3, -0.25) is 5.43 Å². The summed E-state index contributed by atoms with van der Waals surface area (Å²) < 4.78 is 11.0. The van der Waals surface area contributed by atoms with Gasteiger partial charge in [0.15, 0.2) is 11.5 Å². The second-order valence-electron chi connectivity index (χ2n) is 4.47. The Morgan fingerprint density at radius 3 is 2.95 bits per heavy atom. The summed E-state index contributed by atoms with van der Waals surface area (Å²) in [5.74, 6) is 1.44. The maximum atomic E-state index is 5.68. The molecule has 0 amide bonds. The number of alkyl halides is 1. The number of halogens is 1. The van der Waals surface area contributed by atoms with E-state index in [-0.39, 0.29) is 0 Å². The van der Waals surface area contributed by atoms with Crippen molar-refractivity contribution < 1.29 is 9.47 Å². The monoisotopic (exact) mass is 383 g/mol. The number of hydrogen-bond donors (Lipinski definition) is 1. The van der Waals surface area contributed by atoms with Gasteiger partial charge in [-0.2, -0.15) is 5.10 Å². The predicted molar refractivity (Wildman–Crippen MR) is 95.0 cm³/mol. The van der Waals surface area contributed by atoms with Crippen LogP contribution in [0.3, 0.4) is 0 Å². The van der Waals surface area contributed by atoms with Crippen LogP contribution in [0, 0.1) is 6.92 Å². The lowest BCUT2D eigenvalue weighted by Crippen LogP contribution is -2.00. The minimum Gasteiger partial charge on any atom is -0.493 e. The molecule has 0 unspecified atom stereocenters. The van der Waals surface area contributed by atoms with Crippen molar-refractivity contribution in [1.29, 1.82) is 0 Å². The summed E-state index contributed by atoms with van der Waals surface area (Å²) in [4.78, 5) is 4.28. The van der Waals surface area contributed by atoms with Crippen molar-refractivity contribution in [3.8, 4) is 11.5 Å². The Morgan fingerprint density at radius 1 is 1.41 bits per heavy atom. The summed E-state index contributed by atoms with van der Waals surface area (Å²) >= 11 is 4.90. The normalized spacial score (nSPS) is 10.9. The number of hydrogen-bond acceptors (Lipinski definition) is 6. The molecule has 1 aromatic heterocycles. The maximum Gasteiger partial charge on any atom is 0.203 e. The van der Waals surface area contributed by atoms with Crippen molar-refractivity contribution in [2.45, 2.75) is 13.3 Å². The molecule has 0 saturated carbocycles. The average molecular weight is 384 g/mol. The van der Waals surface area contributed by atoms with Crippen molar-refractivity contribution >= 4 is 38.6 Å². The number of thiazole rings is 1. The molecule has 22 heavy (non-hydrogen) atoms. The fraction of sp³-hybridized carbons (Fsp3) is 0.333. The first-order chi connectivity index (χ1) is 10.7. The van der Waals surface area contributed by atoms with E-state index in [0.717, 1.165) is 33.9 Å². The zero-order valence-corrected chi connectivity index (χ0v) is 14.9. The molecule has 0 aliphatic heterocycles. The van der Waals surface area contributed by atoms with Crippen molar-refractivity contribution in [1.82, 2.24) is 4.98 Å². The number of anilines is 1. The number of aryl methyl sites for hydroxylation is 1. The third-order valence-electron chi connectivity index (χ3n) is 2.72. The highest BCUT2D eigenvalue weighted by atomic mass is 79.9. The van der Waals surface area contributed by atoms with Crippen LogP contribution in [-0.4, -0.2) is 30.2 Å². The van der Waals surface area contributed by atoms with Gasteiger partial charge in [0, 0.05) is 10.7 Å². The lowest BCUT2D eigenvalue weighted by Gasteiger charge is -2.10. The molecular formula is C15H18BrN3O2S. The van der Waals surface area contributed by atoms with Crippen LogP contribution in [0.1, 0.15) is 17.7 Å². The molecule has 0 aliphatic rings. The molecule has 0 atom stereocenters. The van der Waals surface area contributed by atoms with E-state index in [1.807, 2.05) is 30.5 Å². The van der Waals surface area contributed by atoms with E-state index in [0.29, 0.717) is 12.4 Å². The Balaban J connectivity index is 1.99. The summed E-state index contributed by atoms with van der Waals surface area (Å²) in [7, 11) is 1.63. The third-order valence-corrected chi connectivity index (χ3v) is 4.14. The van der Waals surface area contributed by atoms with Crippen LogP contribution in [-0.2, 0) is 0 Å². The minimum atomic E-state index is 0.653. The fourth-order valence-corrected chi connectivity index (χ4v) is 2.55. The van der Waals surface area contributed by atoms with E-state index in [1.165, 1.54) is 11.3 Å². The van der Waals surface area contributed by atoms with Crippen LogP contribution >= 0.6 is 27.3 Å². The van der Waals surface area contributed by atoms with Gasteiger partial charge >= 0.3 is 0 Å². The molecule has 1 N–H and O–H groups in total. The number of hydrazone groups is 1. The molecule has 2 aromatic rings. The van der Waals surface area contributed by atoms with Crippen LogP contribution in [0.25, 0.3) is 0 Å². The van der Waals surface area contributed by atoms with Gasteiger partial charge in [0.2, 0.25) is 5.13 Å². The highest BCUT2D eigenvalue weighted by Gasteiger charge is 2.05. The number of rotatable bonds is 8. The van der Waals surface area contributed by atoms with E-state index in [2.05, 4.69) is 31.4 Å². The average Bonchev–Trinajstić information content (AvgIpc) is 2.94. The number of nitrogens with one attached hydrogen (secondary N) is 1. The van der Waals surface area contributed by atoms with E-state index in [9.17, 15) is 0 Å². The number of ether oxygens (including phenoxy) is 2. The fourth-order valence-electron chi connectivity index (χ4n) is 1.69. The Labute approximate surface area is 142 Å². The van der Waals surface area contributed by atoms with Gasteiger partial charge in [-0.1, -0.05) is 15.9 Å². The quantitative estimate of drug-likeness (QED) is 0.323. The maximum absolute atomic E-state index is 5.68. The number of methoxy groups -OCH3 is 1. The molecule has 0 bridgehead atoms. The molecule has 0 fully saturated rings. The topological polar surface area (TPSA) is 55.7 Å². The first-order valence-electron chi connectivity index (χ1n) is 6.81. The van der Waals surface area contributed by atoms with Crippen LogP contribution in [0.4, 0.5) is 5.13 Å². The van der Waals surface area contributed by atoms with E-state index < -0.39 is 0 Å². The minimum absolute atomic E-state index is 0.653. The van der Waals surface area contributed by atoms with E-state index >= 15 is 0 Å². The van der Waals surface area contributed by atoms with Crippen molar-refractivity contribution in [3.63, 3.8) is 0 Å². The van der Waals surface area contributed by atoms with Gasteiger partial charge in [0.1, 0.15) is 0 Å². The SMILES string of the molecule is COc1cc(C=NNc2nc(C)cs2)ccc1OCCCBr. The van der Waals surface area contributed by atoms with E-state index in [4.69, 9.17) is 9.47 Å². The number of nitrogens with zero attached hydrogens (tertiary/aromatic N) is 2. The van der Waals surface area contributed by atoms with Gasteiger partial charge in [0.25, 0.3) is 0 Å². The van der Waals surface area contributed by atoms with Gasteiger partial charge in [-0.05, 0) is 37.1 Å². The molecule has 1 heterocycles. The second kappa shape index (κ2) is 8.75. The smallest absolute Gasteiger partial charge is 0.203 e. The van der Waals surface area contributed by atoms with Crippen LogP contribution in [0.5, 0.6) is 11.5 Å². The molecule has 7 heteroatoms. The number of aromatic nitrogens is 1. The van der Waals surface area contributed by atoms with Gasteiger partial charge in [-0.15, -0.1) is 11.3 Å². The Bertz CT molecular complexity index is 631. The zero-order valence-electron chi connectivity index (χ0n) is 12.5. The lowest BCUT2D eigenvalue weighted by atomic mass is 10.2. The molecule has 0 saturated heterocycles. The summed E-state index contributed by atoms with van der Waals surface area (Å²) in [5.41, 5.74) is 4.81. The summed E-state index contributed by atoms with van der Waals surface area (Å²) in [5, 5.41) is 7.84. The molecule has 5 nitrogen and oxygen atoms in total. The Hall–Kier alpha value is -1.60. The lowest BCUT2D eigenvalue weighted by molar-refractivity contribution is 0.295. The Kier molecular flexibility index (Phi) is 6.67. The summed E-state index contributed by atoms with van der Waals surface area (Å²) in [6.45, 7) is 2.60. The van der Waals surface area contributed by atoms with Gasteiger partial charge < -0.3 is 9.47 Å². The zero-order chi connectivity index (χ0) is 15.8. The first kappa shape index (κ1) is 16.8. The Morgan fingerprint density at radius 2 is 2.27 bits per heavy atom. The number of benzene rings is 1. The summed E-state index contributed by atoms with van der Waals surface area (Å²) in [6, 6.07) is 5.72. The second-order valence-corrected chi connectivity index (χ2v) is 6.12. The molecule has 118 valence electrons. The summed E-state index contributed by atoms with van der Waals surface area (Å²) in [6.07, 6.45) is 2.67. The molecule has 2 rings (SSSR count). The molecule has 1 aromatic carbocycles. The van der Waals surface area contributed by atoms with Crippen molar-refractivity contribution in [2.24, 2.45) is 5.10 Å². The van der Waals surface area contributed by atoms with Crippen LogP contribution < -0.4 is 14.9 Å². The highest BCUT2D eigenvalue weighted by molar-refractivity contribution is 9.09. The van der Waals surface area contributed by atoms with Crippen LogP contribution in [0.15, 0.2) is 28.7 Å². The van der Waals surface area contributed by atoms with Crippen molar-refractivity contribution in [2.75, 3.05) is 24.5 Å². The highest BCUT2D eigenvalue weighted by Crippen LogP contribution is 2.27. The standard InChI is InChI=1S/C15H18BrN3O2S/c1-11-10-22-15(18-11)19-17-9-12-4-5-13(14(8-12)20-2)21-7-3-6-16/h4-5,8-10H,3,6-7H2,1-2H3,(H,18,19). The molecule has 0 radical (unpaired) electrons. The molecule has 0 spiro atoms. The first-order valence-corrected chi connectivity index (χ1v) is 8.81. The van der Waals surface area contributed by atoms with Crippen LogP contribution in [0.2, 0.25) is 0 Å². The van der Waals surface area contributed by atoms with Gasteiger partial charge in [0.05, 0.1) is 25.6 Å².